The molecule has 1 N–H and O–H groups in total. The van der Waals surface area contributed by atoms with Gasteiger partial charge in [-0.05, 0) is 18.8 Å². The highest BCUT2D eigenvalue weighted by Crippen LogP contribution is 2.38. The maximum Gasteiger partial charge on any atom is 0.126 e. The number of aldehydes is 1. The van der Waals surface area contributed by atoms with Crippen molar-refractivity contribution in [2.75, 3.05) is 6.61 Å². The topological polar surface area (TPSA) is 37.3 Å². The van der Waals surface area contributed by atoms with E-state index in [4.69, 9.17) is 0 Å². The third-order valence-electron chi connectivity index (χ3n) is 3.77. The summed E-state index contributed by atoms with van der Waals surface area (Å²) < 4.78 is 0. The van der Waals surface area contributed by atoms with E-state index in [2.05, 4.69) is 0 Å². The lowest BCUT2D eigenvalue weighted by Gasteiger charge is -2.34. The molecule has 0 saturated heterocycles. The van der Waals surface area contributed by atoms with Gasteiger partial charge in [0.15, 0.2) is 0 Å². The third kappa shape index (κ3) is 2.57. The predicted octanol–water partition coefficient (Wildman–Crippen LogP) is 2.54. The highest BCUT2D eigenvalue weighted by molar-refractivity contribution is 5.59. The molecule has 2 nitrogen and oxygen atoms in total. The zero-order valence-corrected chi connectivity index (χ0v) is 9.17. The van der Waals surface area contributed by atoms with Crippen molar-refractivity contribution in [3.63, 3.8) is 0 Å². The van der Waals surface area contributed by atoms with E-state index < -0.39 is 0 Å². The van der Waals surface area contributed by atoms with Crippen molar-refractivity contribution in [3.8, 4) is 0 Å². The fourth-order valence-corrected chi connectivity index (χ4v) is 2.47. The highest BCUT2D eigenvalue weighted by Gasteiger charge is 2.35. The van der Waals surface area contributed by atoms with Gasteiger partial charge in [-0.2, -0.15) is 0 Å². The maximum absolute atomic E-state index is 11.2. The minimum atomic E-state index is -0.227. The molecule has 0 radical (unpaired) electrons. The van der Waals surface area contributed by atoms with Crippen LogP contribution in [0.4, 0.5) is 0 Å². The van der Waals surface area contributed by atoms with Crippen molar-refractivity contribution in [1.82, 2.24) is 0 Å². The van der Waals surface area contributed by atoms with Crippen LogP contribution >= 0.6 is 0 Å². The molecule has 0 amide bonds. The van der Waals surface area contributed by atoms with E-state index in [1.54, 1.807) is 0 Å². The molecule has 0 heterocycles. The summed E-state index contributed by atoms with van der Waals surface area (Å²) in [6.45, 7) is 2.13. The molecule has 82 valence electrons. The smallest absolute Gasteiger partial charge is 0.126 e. The van der Waals surface area contributed by atoms with Gasteiger partial charge < -0.3 is 9.90 Å². The Hall–Kier alpha value is -0.370. The van der Waals surface area contributed by atoms with Crippen molar-refractivity contribution in [2.45, 2.75) is 51.9 Å². The molecule has 2 heteroatoms. The number of carbonyl (C=O) groups is 1. The first-order chi connectivity index (χ1) is 6.75. The number of aliphatic hydroxyl groups is 1. The first-order valence-corrected chi connectivity index (χ1v) is 5.82. The van der Waals surface area contributed by atoms with Gasteiger partial charge in [0.1, 0.15) is 6.29 Å². The van der Waals surface area contributed by atoms with Gasteiger partial charge in [0.2, 0.25) is 0 Å². The second-order valence-corrected chi connectivity index (χ2v) is 4.70. The van der Waals surface area contributed by atoms with Gasteiger partial charge in [0.25, 0.3) is 0 Å². The van der Waals surface area contributed by atoms with Crippen LogP contribution < -0.4 is 0 Å². The Morgan fingerprint density at radius 2 is 1.71 bits per heavy atom. The Morgan fingerprint density at radius 3 is 2.14 bits per heavy atom. The summed E-state index contributed by atoms with van der Waals surface area (Å²) in [6, 6.07) is 0. The van der Waals surface area contributed by atoms with Crippen molar-refractivity contribution < 1.29 is 9.90 Å². The molecule has 1 saturated carbocycles. The molecule has 1 aliphatic rings. The first-order valence-electron chi connectivity index (χ1n) is 5.82. The van der Waals surface area contributed by atoms with Crippen LogP contribution in [0.1, 0.15) is 51.9 Å². The lowest BCUT2D eigenvalue weighted by atomic mass is 9.69. The van der Waals surface area contributed by atoms with Crippen molar-refractivity contribution in [2.24, 2.45) is 11.3 Å². The van der Waals surface area contributed by atoms with Gasteiger partial charge in [0, 0.05) is 12.0 Å². The number of aliphatic hydroxyl groups excluding tert-OH is 1. The standard InChI is InChI=1S/C12H22O2/c1-11(9-13)12(10-14)7-5-3-2-4-6-8-12/h10-11,13H,2-9H2,1H3. The normalized spacial score (nSPS) is 24.7. The van der Waals surface area contributed by atoms with Crippen LogP contribution in [-0.2, 0) is 4.79 Å². The molecule has 14 heavy (non-hydrogen) atoms. The molecule has 0 aromatic heterocycles. The zero-order chi connectivity index (χ0) is 10.4. The molecular weight excluding hydrogens is 176 g/mol. The van der Waals surface area contributed by atoms with E-state index in [1.807, 2.05) is 6.92 Å². The monoisotopic (exact) mass is 198 g/mol. The fraction of sp³-hybridized carbons (Fsp3) is 0.917. The van der Waals surface area contributed by atoms with Crippen LogP contribution in [0.15, 0.2) is 0 Å². The van der Waals surface area contributed by atoms with Crippen molar-refractivity contribution in [1.29, 1.82) is 0 Å². The van der Waals surface area contributed by atoms with E-state index in [1.165, 1.54) is 19.3 Å². The first kappa shape index (κ1) is 11.7. The Kier molecular flexibility index (Phi) is 4.59. The second kappa shape index (κ2) is 5.50. The average molecular weight is 198 g/mol. The number of hydrogen-bond donors (Lipinski definition) is 1. The quantitative estimate of drug-likeness (QED) is 0.708. The van der Waals surface area contributed by atoms with Crippen LogP contribution in [-0.4, -0.2) is 18.0 Å². The molecule has 1 unspecified atom stereocenters. The van der Waals surface area contributed by atoms with E-state index in [0.29, 0.717) is 0 Å². The van der Waals surface area contributed by atoms with Crippen molar-refractivity contribution >= 4 is 6.29 Å². The predicted molar refractivity (Wildman–Crippen MR) is 57.1 cm³/mol. The lowest BCUT2D eigenvalue weighted by molar-refractivity contribution is -0.121. The molecule has 1 atom stereocenters. The Bertz CT molecular complexity index is 169. The summed E-state index contributed by atoms with van der Waals surface area (Å²) >= 11 is 0. The number of hydrogen-bond acceptors (Lipinski definition) is 2. The fourth-order valence-electron chi connectivity index (χ4n) is 2.47. The van der Waals surface area contributed by atoms with Gasteiger partial charge in [-0.1, -0.05) is 39.0 Å². The van der Waals surface area contributed by atoms with E-state index >= 15 is 0 Å². The summed E-state index contributed by atoms with van der Waals surface area (Å²) in [4.78, 5) is 11.2. The molecule has 1 fully saturated rings. The summed E-state index contributed by atoms with van der Waals surface area (Å²) in [5, 5.41) is 9.19. The van der Waals surface area contributed by atoms with Crippen LogP contribution in [0.25, 0.3) is 0 Å². The summed E-state index contributed by atoms with van der Waals surface area (Å²) in [7, 11) is 0. The van der Waals surface area contributed by atoms with Gasteiger partial charge >= 0.3 is 0 Å². The molecule has 1 rings (SSSR count). The Labute approximate surface area is 86.7 Å². The summed E-state index contributed by atoms with van der Waals surface area (Å²) in [6.07, 6.45) is 9.13. The average Bonchev–Trinajstić information content (AvgIpc) is 2.18. The Balaban J connectivity index is 2.67. The van der Waals surface area contributed by atoms with Crippen LogP contribution in [0.2, 0.25) is 0 Å². The summed E-state index contributed by atoms with van der Waals surface area (Å²) in [5.74, 6) is 0.123. The molecule has 0 aromatic carbocycles. The molecular formula is C12H22O2. The van der Waals surface area contributed by atoms with Gasteiger partial charge in [0.05, 0.1) is 0 Å². The van der Waals surface area contributed by atoms with E-state index in [9.17, 15) is 9.90 Å². The Morgan fingerprint density at radius 1 is 1.21 bits per heavy atom. The highest BCUT2D eigenvalue weighted by atomic mass is 16.3. The maximum atomic E-state index is 11.2. The number of carbonyl (C=O) groups excluding carboxylic acids is 1. The second-order valence-electron chi connectivity index (χ2n) is 4.70. The minimum Gasteiger partial charge on any atom is -0.396 e. The molecule has 0 aliphatic heterocycles. The molecule has 0 bridgehead atoms. The van der Waals surface area contributed by atoms with E-state index in [-0.39, 0.29) is 17.9 Å². The van der Waals surface area contributed by atoms with Crippen LogP contribution in [0.5, 0.6) is 0 Å². The van der Waals surface area contributed by atoms with Crippen LogP contribution in [0.3, 0.4) is 0 Å². The zero-order valence-electron chi connectivity index (χ0n) is 9.17. The molecule has 0 spiro atoms. The lowest BCUT2D eigenvalue weighted by Crippen LogP contribution is -2.33. The summed E-state index contributed by atoms with van der Waals surface area (Å²) in [5.41, 5.74) is -0.227. The SMILES string of the molecule is CC(CO)C1(C=O)CCCCCCC1. The minimum absolute atomic E-state index is 0.123. The third-order valence-corrected chi connectivity index (χ3v) is 3.77. The van der Waals surface area contributed by atoms with Gasteiger partial charge in [-0.3, -0.25) is 0 Å². The largest absolute Gasteiger partial charge is 0.396 e. The molecule has 0 aromatic rings. The van der Waals surface area contributed by atoms with Crippen molar-refractivity contribution in [3.05, 3.63) is 0 Å². The van der Waals surface area contributed by atoms with Crippen LogP contribution in [0, 0.1) is 11.3 Å². The van der Waals surface area contributed by atoms with E-state index in [0.717, 1.165) is 32.0 Å². The number of rotatable bonds is 3. The molecule has 1 aliphatic carbocycles. The van der Waals surface area contributed by atoms with Gasteiger partial charge in [-0.25, -0.2) is 0 Å². The van der Waals surface area contributed by atoms with Gasteiger partial charge in [-0.15, -0.1) is 0 Å².